The van der Waals surface area contributed by atoms with Gasteiger partial charge in [-0.2, -0.15) is 4.98 Å². The van der Waals surface area contributed by atoms with Crippen LogP contribution in [0.1, 0.15) is 18.1 Å². The molecule has 2 heterocycles. The van der Waals surface area contributed by atoms with Gasteiger partial charge in [-0.3, -0.25) is 9.59 Å². The van der Waals surface area contributed by atoms with Gasteiger partial charge in [-0.25, -0.2) is 4.79 Å². The van der Waals surface area contributed by atoms with Crippen molar-refractivity contribution in [1.82, 2.24) is 25.7 Å². The van der Waals surface area contributed by atoms with Crippen molar-refractivity contribution >= 4 is 17.9 Å². The highest BCUT2D eigenvalue weighted by Crippen LogP contribution is 2.09. The first kappa shape index (κ1) is 14.8. The molecule has 1 aliphatic heterocycles. The van der Waals surface area contributed by atoms with Gasteiger partial charge in [0.2, 0.25) is 11.8 Å². The molecule has 3 N–H and O–H groups in total. The van der Waals surface area contributed by atoms with Crippen LogP contribution < -0.4 is 10.6 Å². The Balaban J connectivity index is 1.98. The summed E-state index contributed by atoms with van der Waals surface area (Å²) in [5, 5.41) is 17.5. The quantitative estimate of drug-likeness (QED) is 0.638. The number of rotatable bonds is 4. The summed E-state index contributed by atoms with van der Waals surface area (Å²) < 4.78 is 4.77. The Labute approximate surface area is 119 Å². The summed E-state index contributed by atoms with van der Waals surface area (Å²) in [6.45, 7) is 2.18. The lowest BCUT2D eigenvalue weighted by Crippen LogP contribution is -2.59. The normalized spacial score (nSPS) is 18.2. The third kappa shape index (κ3) is 3.68. The van der Waals surface area contributed by atoms with Gasteiger partial charge in [0.25, 0.3) is 0 Å². The predicted octanol–water partition coefficient (Wildman–Crippen LogP) is -1.14. The summed E-state index contributed by atoms with van der Waals surface area (Å²) in [6.07, 6.45) is -0.444. The molecule has 0 aromatic carbocycles. The second-order valence-corrected chi connectivity index (χ2v) is 4.49. The first-order valence-electron chi connectivity index (χ1n) is 6.30. The van der Waals surface area contributed by atoms with Gasteiger partial charge in [-0.1, -0.05) is 5.16 Å². The molecule has 10 heteroatoms. The summed E-state index contributed by atoms with van der Waals surface area (Å²) in [7, 11) is 0. The molecule has 0 radical (unpaired) electrons. The maximum Gasteiger partial charge on any atom is 0.318 e. The number of piperazine rings is 1. The van der Waals surface area contributed by atoms with Crippen molar-refractivity contribution in [2.75, 3.05) is 13.1 Å². The molecule has 1 aromatic rings. The number of hydrogen-bond donors (Lipinski definition) is 3. The first-order chi connectivity index (χ1) is 9.97. The fourth-order valence-corrected chi connectivity index (χ4v) is 2.00. The Bertz CT molecular complexity index is 557. The molecule has 1 atom stereocenters. The van der Waals surface area contributed by atoms with E-state index < -0.39 is 30.4 Å². The minimum absolute atomic E-state index is 0.0358. The number of amides is 3. The van der Waals surface area contributed by atoms with E-state index in [-0.39, 0.29) is 19.6 Å². The monoisotopic (exact) mass is 297 g/mol. The predicted molar refractivity (Wildman–Crippen MR) is 67.0 cm³/mol. The van der Waals surface area contributed by atoms with Crippen molar-refractivity contribution in [2.45, 2.75) is 25.9 Å². The first-order valence-corrected chi connectivity index (χ1v) is 6.30. The Morgan fingerprint density at radius 3 is 2.95 bits per heavy atom. The van der Waals surface area contributed by atoms with E-state index in [2.05, 4.69) is 20.8 Å². The molecule has 21 heavy (non-hydrogen) atoms. The van der Waals surface area contributed by atoms with Gasteiger partial charge >= 0.3 is 12.0 Å². The highest BCUT2D eigenvalue weighted by molar-refractivity contribution is 5.91. The molecule has 114 valence electrons. The zero-order valence-corrected chi connectivity index (χ0v) is 11.3. The minimum Gasteiger partial charge on any atom is -0.481 e. The molecular weight excluding hydrogens is 282 g/mol. The highest BCUT2D eigenvalue weighted by atomic mass is 16.5. The van der Waals surface area contributed by atoms with Crippen LogP contribution in [0.2, 0.25) is 0 Å². The van der Waals surface area contributed by atoms with E-state index in [4.69, 9.17) is 9.63 Å². The maximum atomic E-state index is 12.1. The van der Waals surface area contributed by atoms with Gasteiger partial charge < -0.3 is 25.2 Å². The Hall–Kier alpha value is -2.65. The largest absolute Gasteiger partial charge is 0.481 e. The van der Waals surface area contributed by atoms with Gasteiger partial charge in [0.05, 0.1) is 13.0 Å². The van der Waals surface area contributed by atoms with Crippen LogP contribution in [0.5, 0.6) is 0 Å². The number of carbonyl (C=O) groups excluding carboxylic acids is 2. The van der Waals surface area contributed by atoms with E-state index in [9.17, 15) is 14.4 Å². The fraction of sp³-hybridized carbons (Fsp3) is 0.545. The van der Waals surface area contributed by atoms with Crippen LogP contribution >= 0.6 is 0 Å². The molecule has 0 bridgehead atoms. The van der Waals surface area contributed by atoms with Crippen LogP contribution in [0.4, 0.5) is 4.79 Å². The molecular formula is C11H15N5O5. The number of carboxylic acid groups (broad SMARTS) is 1. The molecule has 0 saturated carbocycles. The SMILES string of the molecule is Cc1nc(CNC(=O)N2CCNC(=O)C2CC(=O)O)no1. The number of carboxylic acids is 1. The molecule has 2 rings (SSSR count). The second-order valence-electron chi connectivity index (χ2n) is 4.49. The van der Waals surface area contributed by atoms with Crippen LogP contribution in [0.25, 0.3) is 0 Å². The number of urea groups is 1. The average Bonchev–Trinajstić information content (AvgIpc) is 2.84. The number of aliphatic carboxylic acids is 1. The van der Waals surface area contributed by atoms with Crippen molar-refractivity contribution in [3.05, 3.63) is 11.7 Å². The Morgan fingerprint density at radius 1 is 1.57 bits per heavy atom. The van der Waals surface area contributed by atoms with Crippen molar-refractivity contribution < 1.29 is 24.0 Å². The molecule has 0 spiro atoms. The third-order valence-electron chi connectivity index (χ3n) is 2.93. The Kier molecular flexibility index (Phi) is 4.36. The number of carbonyl (C=O) groups is 3. The minimum atomic E-state index is -1.15. The molecule has 3 amide bonds. The maximum absolute atomic E-state index is 12.1. The van der Waals surface area contributed by atoms with E-state index in [1.807, 2.05) is 0 Å². The highest BCUT2D eigenvalue weighted by Gasteiger charge is 2.34. The smallest absolute Gasteiger partial charge is 0.318 e. The van der Waals surface area contributed by atoms with Crippen molar-refractivity contribution in [3.8, 4) is 0 Å². The fourth-order valence-electron chi connectivity index (χ4n) is 2.00. The standard InChI is InChI=1S/C11H15N5O5/c1-6-14-8(15-21-6)5-13-11(20)16-3-2-12-10(19)7(16)4-9(17)18/h7H,2-5H2,1H3,(H,12,19)(H,13,20)(H,17,18). The zero-order chi connectivity index (χ0) is 15.4. The van der Waals surface area contributed by atoms with Gasteiger partial charge in [-0.05, 0) is 0 Å². The van der Waals surface area contributed by atoms with Gasteiger partial charge in [0.15, 0.2) is 5.82 Å². The topological polar surface area (TPSA) is 138 Å². The molecule has 0 aliphatic carbocycles. The van der Waals surface area contributed by atoms with Crippen LogP contribution in [0.3, 0.4) is 0 Å². The average molecular weight is 297 g/mol. The van der Waals surface area contributed by atoms with E-state index in [1.165, 1.54) is 4.90 Å². The number of aryl methyl sites for hydroxylation is 1. The lowest BCUT2D eigenvalue weighted by molar-refractivity contribution is -0.142. The molecule has 10 nitrogen and oxygen atoms in total. The van der Waals surface area contributed by atoms with E-state index in [1.54, 1.807) is 6.92 Å². The summed E-state index contributed by atoms with van der Waals surface area (Å²) in [4.78, 5) is 39.7. The summed E-state index contributed by atoms with van der Waals surface area (Å²) >= 11 is 0. The molecule has 1 fully saturated rings. The lowest BCUT2D eigenvalue weighted by Gasteiger charge is -2.34. The van der Waals surface area contributed by atoms with Crippen molar-refractivity contribution in [1.29, 1.82) is 0 Å². The number of nitrogens with zero attached hydrogens (tertiary/aromatic N) is 3. The number of hydrogen-bond acceptors (Lipinski definition) is 6. The number of aromatic nitrogens is 2. The van der Waals surface area contributed by atoms with Crippen LogP contribution in [0.15, 0.2) is 4.52 Å². The van der Waals surface area contributed by atoms with Gasteiger partial charge in [-0.15, -0.1) is 0 Å². The lowest BCUT2D eigenvalue weighted by atomic mass is 10.1. The van der Waals surface area contributed by atoms with Crippen LogP contribution in [-0.4, -0.2) is 57.2 Å². The van der Waals surface area contributed by atoms with Gasteiger partial charge in [0.1, 0.15) is 6.04 Å². The third-order valence-corrected chi connectivity index (χ3v) is 2.93. The van der Waals surface area contributed by atoms with Crippen molar-refractivity contribution in [2.24, 2.45) is 0 Å². The summed E-state index contributed by atoms with van der Waals surface area (Å²) in [5.41, 5.74) is 0. The summed E-state index contributed by atoms with van der Waals surface area (Å²) in [6, 6.07) is -1.57. The molecule has 1 aliphatic rings. The van der Waals surface area contributed by atoms with Gasteiger partial charge in [0, 0.05) is 20.0 Å². The van der Waals surface area contributed by atoms with E-state index in [0.717, 1.165) is 0 Å². The molecule has 1 unspecified atom stereocenters. The van der Waals surface area contributed by atoms with Crippen LogP contribution in [0, 0.1) is 6.92 Å². The van der Waals surface area contributed by atoms with Crippen LogP contribution in [-0.2, 0) is 16.1 Å². The second kappa shape index (κ2) is 6.20. The number of nitrogens with one attached hydrogen (secondary N) is 2. The summed E-state index contributed by atoms with van der Waals surface area (Å²) in [5.74, 6) is -0.949. The van der Waals surface area contributed by atoms with E-state index in [0.29, 0.717) is 11.7 Å². The Morgan fingerprint density at radius 2 is 2.33 bits per heavy atom. The van der Waals surface area contributed by atoms with E-state index >= 15 is 0 Å². The van der Waals surface area contributed by atoms with Crippen molar-refractivity contribution in [3.63, 3.8) is 0 Å². The molecule has 1 aromatic heterocycles. The molecule has 1 saturated heterocycles. The zero-order valence-electron chi connectivity index (χ0n) is 11.3.